The lowest BCUT2D eigenvalue weighted by atomic mass is 10.3. The molecule has 1 aromatic heterocycles. The van der Waals surface area contributed by atoms with Crippen molar-refractivity contribution in [2.75, 3.05) is 11.1 Å². The van der Waals surface area contributed by atoms with Crippen molar-refractivity contribution in [3.63, 3.8) is 0 Å². The van der Waals surface area contributed by atoms with E-state index in [-0.39, 0.29) is 0 Å². The van der Waals surface area contributed by atoms with Crippen molar-refractivity contribution < 1.29 is 0 Å². The Morgan fingerprint density at radius 1 is 1.70 bits per heavy atom. The van der Waals surface area contributed by atoms with Crippen LogP contribution in [0.1, 0.15) is 10.6 Å². The number of aromatic nitrogens is 1. The highest BCUT2D eigenvalue weighted by Gasteiger charge is 2.02. The van der Waals surface area contributed by atoms with Gasteiger partial charge >= 0.3 is 0 Å². The van der Waals surface area contributed by atoms with Gasteiger partial charge in [0.15, 0.2) is 5.13 Å². The van der Waals surface area contributed by atoms with Crippen LogP contribution in [0.4, 0.5) is 5.13 Å². The predicted octanol–water partition coefficient (Wildman–Crippen LogP) is 1.97. The molecule has 0 aliphatic rings. The summed E-state index contributed by atoms with van der Waals surface area (Å²) in [6.45, 7) is 1.99. The molecule has 0 amide bonds. The molecule has 0 aliphatic heterocycles. The van der Waals surface area contributed by atoms with Crippen molar-refractivity contribution in [2.24, 2.45) is 0 Å². The molecule has 0 bridgehead atoms. The van der Waals surface area contributed by atoms with E-state index in [0.29, 0.717) is 5.13 Å². The Hall–Kier alpha value is -0.0900. The van der Waals surface area contributed by atoms with Crippen LogP contribution >= 0.6 is 27.3 Å². The highest BCUT2D eigenvalue weighted by Crippen LogP contribution is 2.20. The van der Waals surface area contributed by atoms with Gasteiger partial charge in [0.2, 0.25) is 0 Å². The summed E-state index contributed by atoms with van der Waals surface area (Å²) < 4.78 is 0. The molecule has 0 spiro atoms. The van der Waals surface area contributed by atoms with Gasteiger partial charge in [0.1, 0.15) is 0 Å². The van der Waals surface area contributed by atoms with Crippen molar-refractivity contribution >= 4 is 32.4 Å². The molecule has 0 fully saturated rings. The first kappa shape index (κ1) is 8.01. The largest absolute Gasteiger partial charge is 0.375 e. The molecular formula is C6H9BrN2S. The summed E-state index contributed by atoms with van der Waals surface area (Å²) in [4.78, 5) is 5.39. The fraction of sp³-hybridized carbons (Fsp3) is 0.500. The highest BCUT2D eigenvalue weighted by atomic mass is 79.9. The Balaban J connectivity index is 2.81. The molecule has 10 heavy (non-hydrogen) atoms. The minimum Gasteiger partial charge on any atom is -0.375 e. The fourth-order valence-corrected chi connectivity index (χ4v) is 2.26. The third-order valence-corrected chi connectivity index (χ3v) is 2.67. The summed E-state index contributed by atoms with van der Waals surface area (Å²) in [5, 5.41) is 1.66. The van der Waals surface area contributed by atoms with Crippen LogP contribution in [0.2, 0.25) is 0 Å². The number of anilines is 1. The van der Waals surface area contributed by atoms with Gasteiger partial charge in [0.05, 0.1) is 5.69 Å². The van der Waals surface area contributed by atoms with E-state index in [4.69, 9.17) is 5.73 Å². The van der Waals surface area contributed by atoms with Crippen LogP contribution in [0, 0.1) is 6.92 Å². The van der Waals surface area contributed by atoms with E-state index in [9.17, 15) is 0 Å². The number of thiazole rings is 1. The zero-order chi connectivity index (χ0) is 7.56. The summed E-state index contributed by atoms with van der Waals surface area (Å²) in [6, 6.07) is 0. The number of halogens is 1. The summed E-state index contributed by atoms with van der Waals surface area (Å²) in [7, 11) is 0. The van der Waals surface area contributed by atoms with Crippen molar-refractivity contribution in [3.05, 3.63) is 10.6 Å². The Labute approximate surface area is 72.6 Å². The molecule has 0 unspecified atom stereocenters. The first-order chi connectivity index (χ1) is 4.74. The van der Waals surface area contributed by atoms with Crippen LogP contribution in [0.15, 0.2) is 0 Å². The number of rotatable bonds is 2. The quantitative estimate of drug-likeness (QED) is 0.775. The molecule has 2 nitrogen and oxygen atoms in total. The lowest BCUT2D eigenvalue weighted by Crippen LogP contribution is -1.84. The average Bonchev–Trinajstić information content (AvgIpc) is 2.13. The summed E-state index contributed by atoms with van der Waals surface area (Å²) in [5.41, 5.74) is 6.57. The van der Waals surface area contributed by atoms with Crippen LogP contribution in [0.5, 0.6) is 0 Å². The molecule has 0 saturated heterocycles. The van der Waals surface area contributed by atoms with Gasteiger partial charge in [-0.2, -0.15) is 0 Å². The van der Waals surface area contributed by atoms with Gasteiger partial charge in [-0.3, -0.25) is 0 Å². The van der Waals surface area contributed by atoms with Crippen LogP contribution in [0.25, 0.3) is 0 Å². The molecule has 0 saturated carbocycles. The first-order valence-corrected chi connectivity index (χ1v) is 4.95. The maximum atomic E-state index is 5.50. The molecule has 1 heterocycles. The second-order valence-electron chi connectivity index (χ2n) is 2.00. The summed E-state index contributed by atoms with van der Waals surface area (Å²) in [5.74, 6) is 0. The van der Waals surface area contributed by atoms with Gasteiger partial charge in [-0.25, -0.2) is 4.98 Å². The topological polar surface area (TPSA) is 38.9 Å². The van der Waals surface area contributed by atoms with Crippen molar-refractivity contribution in [3.8, 4) is 0 Å². The van der Waals surface area contributed by atoms with Crippen molar-refractivity contribution in [1.29, 1.82) is 0 Å². The molecule has 0 aliphatic carbocycles. The zero-order valence-electron chi connectivity index (χ0n) is 5.72. The van der Waals surface area contributed by atoms with E-state index < -0.39 is 0 Å². The molecular weight excluding hydrogens is 212 g/mol. The van der Waals surface area contributed by atoms with Crippen molar-refractivity contribution in [2.45, 2.75) is 13.3 Å². The average molecular weight is 221 g/mol. The minimum atomic E-state index is 0.674. The second kappa shape index (κ2) is 3.34. The lowest BCUT2D eigenvalue weighted by molar-refractivity contribution is 1.13. The molecule has 1 rings (SSSR count). The third-order valence-electron chi connectivity index (χ3n) is 1.23. The van der Waals surface area contributed by atoms with Crippen LogP contribution in [-0.4, -0.2) is 10.3 Å². The number of hydrogen-bond donors (Lipinski definition) is 1. The van der Waals surface area contributed by atoms with Gasteiger partial charge in [-0.15, -0.1) is 11.3 Å². The Bertz CT molecular complexity index is 222. The molecule has 56 valence electrons. The standard InChI is InChI=1S/C6H9BrN2S/c1-4-5(2-3-7)10-6(8)9-4/h2-3H2,1H3,(H2,8,9). The number of nitrogen functional groups attached to an aromatic ring is 1. The van der Waals surface area contributed by atoms with E-state index in [0.717, 1.165) is 17.4 Å². The minimum absolute atomic E-state index is 0.674. The molecule has 0 radical (unpaired) electrons. The maximum Gasteiger partial charge on any atom is 0.180 e. The number of hydrogen-bond acceptors (Lipinski definition) is 3. The van der Waals surface area contributed by atoms with E-state index in [2.05, 4.69) is 20.9 Å². The van der Waals surface area contributed by atoms with E-state index >= 15 is 0 Å². The second-order valence-corrected chi connectivity index (χ2v) is 3.91. The SMILES string of the molecule is Cc1nc(N)sc1CCBr. The maximum absolute atomic E-state index is 5.50. The van der Waals surface area contributed by atoms with Crippen molar-refractivity contribution in [1.82, 2.24) is 4.98 Å². The van der Waals surface area contributed by atoms with E-state index in [1.165, 1.54) is 4.88 Å². The van der Waals surface area contributed by atoms with Crippen LogP contribution in [-0.2, 0) is 6.42 Å². The van der Waals surface area contributed by atoms with Crippen LogP contribution < -0.4 is 5.73 Å². The Morgan fingerprint density at radius 2 is 2.40 bits per heavy atom. The first-order valence-electron chi connectivity index (χ1n) is 3.01. The molecule has 0 atom stereocenters. The van der Waals surface area contributed by atoms with Gasteiger partial charge in [-0.1, -0.05) is 15.9 Å². The fourth-order valence-electron chi connectivity index (χ4n) is 0.768. The number of aryl methyl sites for hydroxylation is 2. The van der Waals surface area contributed by atoms with E-state index in [1.807, 2.05) is 6.92 Å². The molecule has 4 heteroatoms. The van der Waals surface area contributed by atoms with Crippen LogP contribution in [0.3, 0.4) is 0 Å². The predicted molar refractivity (Wildman–Crippen MR) is 48.8 cm³/mol. The number of nitrogens with zero attached hydrogens (tertiary/aromatic N) is 1. The smallest absolute Gasteiger partial charge is 0.180 e. The molecule has 0 aromatic carbocycles. The normalized spacial score (nSPS) is 10.2. The Kier molecular flexibility index (Phi) is 2.68. The van der Waals surface area contributed by atoms with Gasteiger partial charge in [0.25, 0.3) is 0 Å². The third kappa shape index (κ3) is 1.70. The van der Waals surface area contributed by atoms with E-state index in [1.54, 1.807) is 11.3 Å². The van der Waals surface area contributed by atoms with Gasteiger partial charge in [-0.05, 0) is 13.3 Å². The summed E-state index contributed by atoms with van der Waals surface area (Å²) >= 11 is 4.94. The monoisotopic (exact) mass is 220 g/mol. The number of alkyl halides is 1. The molecule has 1 aromatic rings. The highest BCUT2D eigenvalue weighted by molar-refractivity contribution is 9.09. The zero-order valence-corrected chi connectivity index (χ0v) is 8.13. The van der Waals surface area contributed by atoms with Gasteiger partial charge in [0, 0.05) is 10.2 Å². The Morgan fingerprint density at radius 3 is 2.80 bits per heavy atom. The molecule has 2 N–H and O–H groups in total. The lowest BCUT2D eigenvalue weighted by Gasteiger charge is -1.89. The number of nitrogens with two attached hydrogens (primary N) is 1. The summed E-state index contributed by atoms with van der Waals surface area (Å²) in [6.07, 6.45) is 1.03. The van der Waals surface area contributed by atoms with Gasteiger partial charge < -0.3 is 5.73 Å².